The standard InChI is InChI=1S/C6H10NO/c1-8-7-5-6-3-2-4-6/h6H,2-4H2,1H3. The average molecular weight is 112 g/mol. The van der Waals surface area contributed by atoms with E-state index in [2.05, 4.69) is 16.2 Å². The molecule has 0 atom stereocenters. The van der Waals surface area contributed by atoms with Gasteiger partial charge in [-0.2, -0.15) is 0 Å². The predicted octanol–water partition coefficient (Wildman–Crippen LogP) is 1.30. The minimum absolute atomic E-state index is 0.593. The Hall–Kier alpha value is -0.530. The number of hydrogen-bond donors (Lipinski definition) is 0. The highest BCUT2D eigenvalue weighted by atomic mass is 16.6. The van der Waals surface area contributed by atoms with E-state index in [0.717, 1.165) is 0 Å². The molecule has 2 nitrogen and oxygen atoms in total. The summed E-state index contributed by atoms with van der Waals surface area (Å²) in [5.74, 6) is 0.593. The van der Waals surface area contributed by atoms with Gasteiger partial charge in [-0.25, -0.2) is 0 Å². The fraction of sp³-hybridized carbons (Fsp3) is 0.833. The first-order chi connectivity index (χ1) is 3.93. The van der Waals surface area contributed by atoms with Gasteiger partial charge in [0.15, 0.2) is 0 Å². The Kier molecular flexibility index (Phi) is 1.89. The lowest BCUT2D eigenvalue weighted by Crippen LogP contribution is -2.11. The Balaban J connectivity index is 2.08. The van der Waals surface area contributed by atoms with Gasteiger partial charge < -0.3 is 4.84 Å². The van der Waals surface area contributed by atoms with Gasteiger partial charge in [0, 0.05) is 5.92 Å². The molecule has 0 aromatic rings. The Morgan fingerprint density at radius 2 is 2.38 bits per heavy atom. The van der Waals surface area contributed by atoms with E-state index in [0.29, 0.717) is 5.92 Å². The quantitative estimate of drug-likeness (QED) is 0.389. The first-order valence-electron chi connectivity index (χ1n) is 2.92. The molecule has 2 heteroatoms. The maximum atomic E-state index is 4.46. The molecule has 0 amide bonds. The van der Waals surface area contributed by atoms with Crippen molar-refractivity contribution in [1.82, 2.24) is 0 Å². The average Bonchev–Trinajstić information content (AvgIpc) is 1.63. The van der Waals surface area contributed by atoms with Gasteiger partial charge in [0.2, 0.25) is 0 Å². The molecule has 45 valence electrons. The van der Waals surface area contributed by atoms with E-state index >= 15 is 0 Å². The summed E-state index contributed by atoms with van der Waals surface area (Å²) in [6.07, 6.45) is 6.69. The highest BCUT2D eigenvalue weighted by molar-refractivity contribution is 5.60. The normalized spacial score (nSPS) is 21.1. The van der Waals surface area contributed by atoms with Crippen molar-refractivity contribution in [3.05, 3.63) is 0 Å². The molecule has 0 N–H and O–H groups in total. The van der Waals surface area contributed by atoms with Gasteiger partial charge in [0.25, 0.3) is 0 Å². The fourth-order valence-electron chi connectivity index (χ4n) is 0.665. The SMILES string of the molecule is CO/N=[C]\C1CCC1. The molecule has 0 spiro atoms. The van der Waals surface area contributed by atoms with Crippen molar-refractivity contribution in [2.75, 3.05) is 7.11 Å². The molecule has 0 aliphatic heterocycles. The molecule has 1 rings (SSSR count). The highest BCUT2D eigenvalue weighted by Crippen LogP contribution is 2.23. The molecule has 8 heavy (non-hydrogen) atoms. The molecule has 0 aromatic carbocycles. The topological polar surface area (TPSA) is 21.6 Å². The summed E-state index contributed by atoms with van der Waals surface area (Å²) < 4.78 is 0. The Morgan fingerprint density at radius 1 is 1.62 bits per heavy atom. The molecule has 0 aromatic heterocycles. The van der Waals surface area contributed by atoms with Gasteiger partial charge in [-0.1, -0.05) is 11.6 Å². The minimum Gasteiger partial charge on any atom is -0.399 e. The van der Waals surface area contributed by atoms with E-state index in [1.807, 2.05) is 0 Å². The maximum Gasteiger partial charge on any atom is 0.108 e. The fourth-order valence-corrected chi connectivity index (χ4v) is 0.665. The molecule has 0 saturated heterocycles. The summed E-state index contributed by atoms with van der Waals surface area (Å²) in [6, 6.07) is 0. The van der Waals surface area contributed by atoms with Crippen LogP contribution in [0, 0.1) is 5.92 Å². The van der Waals surface area contributed by atoms with E-state index in [1.165, 1.54) is 19.3 Å². The molecule has 1 radical (unpaired) electrons. The van der Waals surface area contributed by atoms with Crippen molar-refractivity contribution in [2.45, 2.75) is 19.3 Å². The minimum atomic E-state index is 0.593. The van der Waals surface area contributed by atoms with E-state index in [-0.39, 0.29) is 0 Å². The van der Waals surface area contributed by atoms with E-state index in [4.69, 9.17) is 0 Å². The zero-order chi connectivity index (χ0) is 5.82. The smallest absolute Gasteiger partial charge is 0.108 e. The van der Waals surface area contributed by atoms with Gasteiger partial charge in [-0.05, 0) is 12.8 Å². The molecule has 1 aliphatic carbocycles. The van der Waals surface area contributed by atoms with Crippen LogP contribution in [-0.2, 0) is 4.84 Å². The molecular formula is C6H10NO. The Labute approximate surface area is 49.5 Å². The monoisotopic (exact) mass is 112 g/mol. The molecular weight excluding hydrogens is 102 g/mol. The number of hydrogen-bond acceptors (Lipinski definition) is 2. The number of nitrogens with zero attached hydrogens (tertiary/aromatic N) is 1. The summed E-state index contributed by atoms with van der Waals surface area (Å²) in [5.41, 5.74) is 0. The van der Waals surface area contributed by atoms with Gasteiger partial charge in [-0.15, -0.1) is 0 Å². The van der Waals surface area contributed by atoms with E-state index < -0.39 is 0 Å². The van der Waals surface area contributed by atoms with Crippen LogP contribution < -0.4 is 0 Å². The van der Waals surface area contributed by atoms with Crippen molar-refractivity contribution in [3.8, 4) is 0 Å². The van der Waals surface area contributed by atoms with Gasteiger partial charge in [0.1, 0.15) is 13.3 Å². The van der Waals surface area contributed by atoms with Crippen LogP contribution in [0.4, 0.5) is 0 Å². The van der Waals surface area contributed by atoms with Crippen LogP contribution in [0.15, 0.2) is 5.16 Å². The lowest BCUT2D eigenvalue weighted by molar-refractivity contribution is 0.211. The first kappa shape index (κ1) is 5.60. The van der Waals surface area contributed by atoms with Crippen molar-refractivity contribution < 1.29 is 4.84 Å². The van der Waals surface area contributed by atoms with Crippen molar-refractivity contribution in [2.24, 2.45) is 11.1 Å². The van der Waals surface area contributed by atoms with Crippen LogP contribution in [0.5, 0.6) is 0 Å². The van der Waals surface area contributed by atoms with Crippen molar-refractivity contribution >= 4 is 6.21 Å². The maximum absolute atomic E-state index is 4.46. The van der Waals surface area contributed by atoms with Crippen LogP contribution in [0.1, 0.15) is 19.3 Å². The summed E-state index contributed by atoms with van der Waals surface area (Å²) in [7, 11) is 1.55. The lowest BCUT2D eigenvalue weighted by Gasteiger charge is -2.18. The third kappa shape index (κ3) is 1.22. The van der Waals surface area contributed by atoms with Crippen molar-refractivity contribution in [3.63, 3.8) is 0 Å². The van der Waals surface area contributed by atoms with Gasteiger partial charge >= 0.3 is 0 Å². The second-order valence-corrected chi connectivity index (χ2v) is 2.03. The summed E-state index contributed by atoms with van der Waals surface area (Å²) in [5, 5.41) is 3.54. The molecule has 1 fully saturated rings. The van der Waals surface area contributed by atoms with Crippen LogP contribution in [0.25, 0.3) is 0 Å². The second kappa shape index (κ2) is 2.70. The predicted molar refractivity (Wildman–Crippen MR) is 31.8 cm³/mol. The zero-order valence-electron chi connectivity index (χ0n) is 5.05. The number of rotatable bonds is 2. The largest absolute Gasteiger partial charge is 0.399 e. The molecule has 0 bridgehead atoms. The van der Waals surface area contributed by atoms with Crippen LogP contribution in [0.3, 0.4) is 0 Å². The molecule has 0 unspecified atom stereocenters. The lowest BCUT2D eigenvalue weighted by atomic mass is 9.87. The highest BCUT2D eigenvalue weighted by Gasteiger charge is 2.15. The summed E-state index contributed by atoms with van der Waals surface area (Å²) in [4.78, 5) is 4.46. The Bertz CT molecular complexity index is 86.5. The summed E-state index contributed by atoms with van der Waals surface area (Å²) >= 11 is 0. The van der Waals surface area contributed by atoms with Crippen molar-refractivity contribution in [1.29, 1.82) is 0 Å². The van der Waals surface area contributed by atoms with E-state index in [9.17, 15) is 0 Å². The van der Waals surface area contributed by atoms with E-state index in [1.54, 1.807) is 7.11 Å². The van der Waals surface area contributed by atoms with Gasteiger partial charge in [-0.3, -0.25) is 0 Å². The second-order valence-electron chi connectivity index (χ2n) is 2.03. The summed E-state index contributed by atoms with van der Waals surface area (Å²) in [6.45, 7) is 0. The Morgan fingerprint density at radius 3 is 2.75 bits per heavy atom. The van der Waals surface area contributed by atoms with Crippen LogP contribution in [-0.4, -0.2) is 13.3 Å². The zero-order valence-corrected chi connectivity index (χ0v) is 5.05. The first-order valence-corrected chi connectivity index (χ1v) is 2.92. The molecule has 1 saturated carbocycles. The van der Waals surface area contributed by atoms with Gasteiger partial charge in [0.05, 0.1) is 0 Å². The van der Waals surface area contributed by atoms with Crippen LogP contribution in [0.2, 0.25) is 0 Å². The third-order valence-electron chi connectivity index (χ3n) is 1.43. The van der Waals surface area contributed by atoms with Crippen LogP contribution >= 0.6 is 0 Å². The molecule has 0 heterocycles. The molecule has 1 aliphatic rings. The third-order valence-corrected chi connectivity index (χ3v) is 1.43.